The van der Waals surface area contributed by atoms with Crippen molar-refractivity contribution in [1.82, 2.24) is 10.3 Å². The Morgan fingerprint density at radius 1 is 1.05 bits per heavy atom. The Balaban J connectivity index is 1.10. The van der Waals surface area contributed by atoms with E-state index in [2.05, 4.69) is 26.8 Å². The first kappa shape index (κ1) is 25.4. The van der Waals surface area contributed by atoms with Crippen LogP contribution in [0.1, 0.15) is 49.5 Å². The number of nitrogens with zero attached hydrogens (tertiary/aromatic N) is 3. The average molecular weight is 540 g/mol. The van der Waals surface area contributed by atoms with E-state index >= 15 is 0 Å². The van der Waals surface area contributed by atoms with Crippen LogP contribution in [0.15, 0.2) is 42.5 Å². The van der Waals surface area contributed by atoms with E-state index in [-0.39, 0.29) is 18.0 Å². The summed E-state index contributed by atoms with van der Waals surface area (Å²) in [6.45, 7) is 4.48. The molecule has 5 aliphatic rings. The van der Waals surface area contributed by atoms with E-state index in [1.807, 2.05) is 24.3 Å². The number of hydrogen-bond donors (Lipinski definition) is 3. The molecule has 4 saturated carbocycles. The highest BCUT2D eigenvalue weighted by Crippen LogP contribution is 2.55. The van der Waals surface area contributed by atoms with Gasteiger partial charge < -0.3 is 20.2 Å². The monoisotopic (exact) mass is 539 g/mol. The van der Waals surface area contributed by atoms with Gasteiger partial charge in [-0.3, -0.25) is 9.52 Å². The summed E-state index contributed by atoms with van der Waals surface area (Å²) in [4.78, 5) is 22.6. The van der Waals surface area contributed by atoms with Gasteiger partial charge in [-0.1, -0.05) is 6.07 Å². The molecule has 2 aromatic rings. The van der Waals surface area contributed by atoms with Crippen LogP contribution in [0.25, 0.3) is 0 Å². The molecule has 3 atom stereocenters. The van der Waals surface area contributed by atoms with Crippen molar-refractivity contribution in [2.24, 2.45) is 17.8 Å². The summed E-state index contributed by atoms with van der Waals surface area (Å²) in [5, 5.41) is 14.2. The van der Waals surface area contributed by atoms with Crippen LogP contribution in [-0.2, 0) is 10.0 Å². The van der Waals surface area contributed by atoms with Crippen LogP contribution in [0.3, 0.4) is 0 Å². The normalized spacial score (nSPS) is 32.3. The first-order valence-corrected chi connectivity index (χ1v) is 15.5. The van der Waals surface area contributed by atoms with Crippen LogP contribution in [0.5, 0.6) is 0 Å². The summed E-state index contributed by atoms with van der Waals surface area (Å²) in [6, 6.07) is 13.4. The second-order valence-electron chi connectivity index (χ2n) is 12.0. The lowest BCUT2D eigenvalue weighted by atomic mass is 9.52. The van der Waals surface area contributed by atoms with Crippen molar-refractivity contribution in [2.45, 2.75) is 56.7 Å². The van der Waals surface area contributed by atoms with E-state index in [9.17, 15) is 18.3 Å². The lowest BCUT2D eigenvalue weighted by Crippen LogP contribution is -2.61. The molecule has 1 aliphatic heterocycles. The maximum atomic E-state index is 13.3. The van der Waals surface area contributed by atoms with Gasteiger partial charge in [-0.25, -0.2) is 13.4 Å². The third-order valence-corrected chi connectivity index (χ3v) is 9.57. The van der Waals surface area contributed by atoms with Crippen molar-refractivity contribution in [2.75, 3.05) is 40.4 Å². The molecule has 4 bridgehead atoms. The summed E-state index contributed by atoms with van der Waals surface area (Å²) < 4.78 is 25.4. The van der Waals surface area contributed by atoms with Gasteiger partial charge >= 0.3 is 0 Å². The predicted octanol–water partition coefficient (Wildman–Crippen LogP) is 2.84. The molecule has 38 heavy (non-hydrogen) atoms. The number of aliphatic hydroxyl groups is 1. The maximum Gasteiger partial charge on any atom is 0.270 e. The fraction of sp³-hybridized carbons (Fsp3) is 0.571. The number of piperazine rings is 1. The number of rotatable bonds is 6. The van der Waals surface area contributed by atoms with Crippen molar-refractivity contribution in [1.29, 1.82) is 0 Å². The molecule has 204 valence electrons. The fourth-order valence-corrected chi connectivity index (χ4v) is 8.20. The molecule has 1 aromatic carbocycles. The highest BCUT2D eigenvalue weighted by molar-refractivity contribution is 7.92. The third-order valence-electron chi connectivity index (χ3n) is 8.96. The zero-order valence-electron chi connectivity index (χ0n) is 22.0. The zero-order valence-corrected chi connectivity index (χ0v) is 22.8. The van der Waals surface area contributed by atoms with Gasteiger partial charge in [0.2, 0.25) is 10.0 Å². The Kier molecular flexibility index (Phi) is 6.30. The Bertz CT molecular complexity index is 1300. The number of aromatic nitrogens is 1. The highest BCUT2D eigenvalue weighted by Gasteiger charge is 2.55. The fourth-order valence-electron chi connectivity index (χ4n) is 7.64. The topological polar surface area (TPSA) is 115 Å². The summed E-state index contributed by atoms with van der Waals surface area (Å²) in [5.41, 5.74) is 1.52. The number of carbonyl (C=O) groups excluding carboxylic acids is 1. The van der Waals surface area contributed by atoms with Gasteiger partial charge in [-0.2, -0.15) is 0 Å². The van der Waals surface area contributed by atoms with Gasteiger partial charge in [-0.05, 0) is 93.2 Å². The summed E-state index contributed by atoms with van der Waals surface area (Å²) in [5.74, 6) is 2.02. The molecule has 10 heteroatoms. The first-order valence-electron chi connectivity index (χ1n) is 13.6. The molecule has 1 amide bonds. The highest BCUT2D eigenvalue weighted by atomic mass is 32.2. The van der Waals surface area contributed by atoms with E-state index in [1.165, 1.54) is 0 Å². The molecule has 1 saturated heterocycles. The van der Waals surface area contributed by atoms with Crippen LogP contribution >= 0.6 is 0 Å². The lowest BCUT2D eigenvalue weighted by molar-refractivity contribution is -0.136. The van der Waals surface area contributed by atoms with Gasteiger partial charge in [0.25, 0.3) is 5.91 Å². The quantitative estimate of drug-likeness (QED) is 0.517. The number of amides is 1. The Hall–Kier alpha value is -2.85. The number of carbonyl (C=O) groups is 1. The Morgan fingerprint density at radius 2 is 1.76 bits per heavy atom. The van der Waals surface area contributed by atoms with E-state index in [4.69, 9.17) is 4.98 Å². The van der Waals surface area contributed by atoms with Crippen LogP contribution in [0.4, 0.5) is 17.2 Å². The molecular weight excluding hydrogens is 502 g/mol. The van der Waals surface area contributed by atoms with Crippen LogP contribution in [-0.4, -0.2) is 68.0 Å². The van der Waals surface area contributed by atoms with Crippen molar-refractivity contribution in [3.8, 4) is 0 Å². The Morgan fingerprint density at radius 3 is 2.39 bits per heavy atom. The minimum atomic E-state index is -3.30. The molecule has 4 aliphatic carbocycles. The van der Waals surface area contributed by atoms with Crippen LogP contribution in [0, 0.1) is 17.8 Å². The molecule has 7 rings (SSSR count). The van der Waals surface area contributed by atoms with Gasteiger partial charge in [0, 0.05) is 43.1 Å². The minimum absolute atomic E-state index is 0.120. The number of anilines is 3. The number of nitrogens with one attached hydrogen (secondary N) is 2. The Labute approximate surface area is 224 Å². The number of benzene rings is 1. The second kappa shape index (κ2) is 9.41. The van der Waals surface area contributed by atoms with Gasteiger partial charge in [0.05, 0.1) is 11.9 Å². The molecule has 2 unspecified atom stereocenters. The summed E-state index contributed by atoms with van der Waals surface area (Å²) >= 11 is 0. The summed E-state index contributed by atoms with van der Waals surface area (Å²) in [7, 11) is -3.30. The van der Waals surface area contributed by atoms with E-state index < -0.39 is 15.6 Å². The number of sulfonamides is 1. The van der Waals surface area contributed by atoms with Crippen molar-refractivity contribution in [3.05, 3.63) is 48.2 Å². The third kappa shape index (κ3) is 5.08. The second-order valence-corrected chi connectivity index (χ2v) is 13.7. The lowest BCUT2D eigenvalue weighted by Gasteiger charge is -2.58. The minimum Gasteiger partial charge on any atom is -0.390 e. The van der Waals surface area contributed by atoms with E-state index in [1.54, 1.807) is 18.2 Å². The van der Waals surface area contributed by atoms with Crippen LogP contribution in [0.2, 0.25) is 0 Å². The summed E-state index contributed by atoms with van der Waals surface area (Å²) in [6.07, 6.45) is 5.89. The molecule has 0 radical (unpaired) electrons. The molecule has 1 aromatic heterocycles. The SMILES string of the molecule is C[C@@H]1CN(c2ccc(NS(C)(=O)=O)cc2)CCN1c1cccc(C(=O)NC2C3CC4CC2CC(O)(C4)C3)n1. The number of pyridine rings is 1. The first-order chi connectivity index (χ1) is 18.1. The predicted molar refractivity (Wildman–Crippen MR) is 148 cm³/mol. The van der Waals surface area contributed by atoms with Gasteiger partial charge in [0.1, 0.15) is 11.5 Å². The smallest absolute Gasteiger partial charge is 0.270 e. The van der Waals surface area contributed by atoms with Gasteiger partial charge in [0.15, 0.2) is 0 Å². The van der Waals surface area contributed by atoms with E-state index in [0.717, 1.165) is 69.5 Å². The van der Waals surface area contributed by atoms with Crippen molar-refractivity contribution >= 4 is 33.1 Å². The number of hydrogen-bond acceptors (Lipinski definition) is 7. The van der Waals surface area contributed by atoms with Gasteiger partial charge in [-0.15, -0.1) is 0 Å². The average Bonchev–Trinajstić information content (AvgIpc) is 2.84. The van der Waals surface area contributed by atoms with Crippen molar-refractivity contribution < 1.29 is 18.3 Å². The van der Waals surface area contributed by atoms with Crippen LogP contribution < -0.4 is 19.8 Å². The maximum absolute atomic E-state index is 13.3. The van der Waals surface area contributed by atoms with E-state index in [0.29, 0.717) is 29.1 Å². The molecule has 2 heterocycles. The molecule has 9 nitrogen and oxygen atoms in total. The molecule has 5 fully saturated rings. The molecule has 3 N–H and O–H groups in total. The largest absolute Gasteiger partial charge is 0.390 e. The molecule has 0 spiro atoms. The standard InChI is InChI=1S/C28H37N5O4S/c1-18-17-32(23-8-6-22(7-9-23)31-38(2,36)37)10-11-33(18)25-5-3-4-24(29-25)27(34)30-26-20-12-19-13-21(26)16-28(35,14-19)15-20/h3-9,18-21,26,31,35H,10-17H2,1-2H3,(H,30,34)/t18-,19?,20?,21?,26?,28?/m1/s1. The van der Waals surface area contributed by atoms with Crippen molar-refractivity contribution in [3.63, 3.8) is 0 Å². The molecular formula is C28H37N5O4S. The zero-order chi connectivity index (χ0) is 26.7.